The summed E-state index contributed by atoms with van der Waals surface area (Å²) in [7, 11) is 0. The minimum atomic E-state index is -0.570. The first-order valence-corrected chi connectivity index (χ1v) is 9.78. The number of esters is 1. The molecule has 0 unspecified atom stereocenters. The van der Waals surface area contributed by atoms with Crippen molar-refractivity contribution in [2.75, 3.05) is 0 Å². The van der Waals surface area contributed by atoms with Gasteiger partial charge in [-0.3, -0.25) is 4.79 Å². The van der Waals surface area contributed by atoms with Crippen molar-refractivity contribution in [3.63, 3.8) is 0 Å². The molecule has 2 bridgehead atoms. The average Bonchev–Trinajstić information content (AvgIpc) is 2.61. The molecule has 0 heterocycles. The molecule has 3 nitrogen and oxygen atoms in total. The normalized spacial score (nSPS) is 33.0. The lowest BCUT2D eigenvalue weighted by Gasteiger charge is -2.65. The van der Waals surface area contributed by atoms with Crippen LogP contribution in [0.25, 0.3) is 0 Å². The van der Waals surface area contributed by atoms with E-state index in [2.05, 4.69) is 39.5 Å². The maximum Gasteiger partial charge on any atom is 0.309 e. The molecule has 0 N–H and O–H groups in total. The van der Waals surface area contributed by atoms with Crippen molar-refractivity contribution in [3.8, 4) is 0 Å². The number of ether oxygens (including phenoxy) is 2. The molecule has 1 aromatic rings. The summed E-state index contributed by atoms with van der Waals surface area (Å²) in [6, 6.07) is 10.2. The molecular formula is C23H32O3. The Hall–Kier alpha value is -1.61. The lowest BCUT2D eigenvalue weighted by molar-refractivity contribution is -0.271. The van der Waals surface area contributed by atoms with Gasteiger partial charge in [0.1, 0.15) is 5.60 Å². The summed E-state index contributed by atoms with van der Waals surface area (Å²) in [6.07, 6.45) is 4.44. The summed E-state index contributed by atoms with van der Waals surface area (Å²) in [6.45, 7) is 12.9. The molecule has 4 rings (SSSR count). The van der Waals surface area contributed by atoms with Crippen LogP contribution in [-0.2, 0) is 20.9 Å². The third-order valence-electron chi connectivity index (χ3n) is 6.84. The Kier molecular flexibility index (Phi) is 5.30. The van der Waals surface area contributed by atoms with Crippen LogP contribution < -0.4 is 0 Å². The van der Waals surface area contributed by atoms with Gasteiger partial charge < -0.3 is 9.47 Å². The van der Waals surface area contributed by atoms with Crippen LogP contribution in [0.15, 0.2) is 43.0 Å². The van der Waals surface area contributed by atoms with Crippen molar-refractivity contribution in [2.45, 2.75) is 65.3 Å². The molecule has 0 radical (unpaired) electrons. The van der Waals surface area contributed by atoms with Crippen molar-refractivity contribution in [3.05, 3.63) is 48.6 Å². The van der Waals surface area contributed by atoms with Gasteiger partial charge in [-0.1, -0.05) is 57.2 Å². The molecule has 26 heavy (non-hydrogen) atoms. The highest BCUT2D eigenvalue weighted by molar-refractivity contribution is 5.72. The van der Waals surface area contributed by atoms with E-state index in [4.69, 9.17) is 9.47 Å². The van der Waals surface area contributed by atoms with E-state index in [9.17, 15) is 4.79 Å². The van der Waals surface area contributed by atoms with Crippen molar-refractivity contribution < 1.29 is 14.3 Å². The van der Waals surface area contributed by atoms with Crippen molar-refractivity contribution in [1.82, 2.24) is 0 Å². The Labute approximate surface area is 157 Å². The number of fused-ring (bicyclic) bond motifs is 2. The van der Waals surface area contributed by atoms with E-state index < -0.39 is 5.60 Å². The van der Waals surface area contributed by atoms with Crippen molar-refractivity contribution >= 4 is 5.97 Å². The topological polar surface area (TPSA) is 35.5 Å². The predicted octanol–water partition coefficient (Wildman–Crippen LogP) is 5.15. The summed E-state index contributed by atoms with van der Waals surface area (Å²) >= 11 is 0. The second kappa shape index (κ2) is 7.19. The number of hydrogen-bond acceptors (Lipinski definition) is 3. The smallest absolute Gasteiger partial charge is 0.309 e. The largest absolute Gasteiger partial charge is 0.456 e. The van der Waals surface area contributed by atoms with E-state index in [1.54, 1.807) is 6.08 Å². The van der Waals surface area contributed by atoms with Crippen LogP contribution in [0.3, 0.4) is 0 Å². The maximum absolute atomic E-state index is 12.7. The molecule has 5 atom stereocenters. The number of hydrogen-bond donors (Lipinski definition) is 0. The van der Waals surface area contributed by atoms with Crippen LogP contribution in [0.4, 0.5) is 0 Å². The summed E-state index contributed by atoms with van der Waals surface area (Å²) in [5.41, 5.74) is 0.780. The Morgan fingerprint density at radius 3 is 2.58 bits per heavy atom. The van der Waals surface area contributed by atoms with Crippen molar-refractivity contribution in [1.29, 1.82) is 0 Å². The molecule has 3 aliphatic carbocycles. The monoisotopic (exact) mass is 356 g/mol. The molecule has 3 saturated carbocycles. The fourth-order valence-corrected chi connectivity index (χ4v) is 4.91. The van der Waals surface area contributed by atoms with Gasteiger partial charge in [-0.25, -0.2) is 0 Å². The Morgan fingerprint density at radius 2 is 1.96 bits per heavy atom. The first-order valence-electron chi connectivity index (χ1n) is 9.78. The van der Waals surface area contributed by atoms with Crippen LogP contribution in [-0.4, -0.2) is 17.7 Å². The first-order chi connectivity index (χ1) is 12.3. The zero-order valence-corrected chi connectivity index (χ0v) is 16.5. The minimum Gasteiger partial charge on any atom is -0.456 e. The molecule has 3 aliphatic rings. The lowest BCUT2D eigenvalue weighted by atomic mass is 9.43. The van der Waals surface area contributed by atoms with E-state index >= 15 is 0 Å². The molecule has 1 aromatic carbocycles. The standard InChI is InChI=1S/C23H32O3/c1-6-10-16(2)21(24)26-23(5)19-13-18(22(19,3)4)14-20(23)25-15-17-11-8-7-9-12-17/h6-9,11-12,16,18-20H,1,10,13-15H2,2-5H3/t16-,18-,19-,20+,23-/m1/s1. The molecular weight excluding hydrogens is 324 g/mol. The summed E-state index contributed by atoms with van der Waals surface area (Å²) in [4.78, 5) is 12.7. The van der Waals surface area contributed by atoms with Gasteiger partial charge in [-0.05, 0) is 43.1 Å². The van der Waals surface area contributed by atoms with Gasteiger partial charge >= 0.3 is 5.97 Å². The second-order valence-electron chi connectivity index (χ2n) is 8.86. The summed E-state index contributed by atoms with van der Waals surface area (Å²) < 4.78 is 12.5. The zero-order chi connectivity index (χ0) is 18.9. The van der Waals surface area contributed by atoms with E-state index in [1.807, 2.05) is 25.1 Å². The van der Waals surface area contributed by atoms with Crippen LogP contribution in [0.1, 0.15) is 52.5 Å². The SMILES string of the molecule is C=CC[C@@H](C)C(=O)O[C@@]1(C)[C@@H](OCc2ccccc2)C[C@H]2C[C@@H]1C2(C)C. The molecule has 0 amide bonds. The van der Waals surface area contributed by atoms with Gasteiger partial charge in [0.25, 0.3) is 0 Å². The highest BCUT2D eigenvalue weighted by atomic mass is 16.6. The Morgan fingerprint density at radius 1 is 1.27 bits per heavy atom. The van der Waals surface area contributed by atoms with E-state index in [1.165, 1.54) is 0 Å². The fraction of sp³-hybridized carbons (Fsp3) is 0.609. The molecule has 0 saturated heterocycles. The summed E-state index contributed by atoms with van der Waals surface area (Å²) in [5, 5.41) is 0. The van der Waals surface area contributed by atoms with Crippen LogP contribution in [0.5, 0.6) is 0 Å². The van der Waals surface area contributed by atoms with Gasteiger partial charge in [0.05, 0.1) is 18.6 Å². The van der Waals surface area contributed by atoms with E-state index in [0.717, 1.165) is 18.4 Å². The quantitative estimate of drug-likeness (QED) is 0.500. The van der Waals surface area contributed by atoms with Gasteiger partial charge in [0.15, 0.2) is 0 Å². The highest BCUT2D eigenvalue weighted by Crippen LogP contribution is 2.64. The van der Waals surface area contributed by atoms with E-state index in [0.29, 0.717) is 24.9 Å². The van der Waals surface area contributed by atoms with E-state index in [-0.39, 0.29) is 23.4 Å². The second-order valence-corrected chi connectivity index (χ2v) is 8.86. The van der Waals surface area contributed by atoms with Crippen LogP contribution >= 0.6 is 0 Å². The molecule has 0 aromatic heterocycles. The van der Waals surface area contributed by atoms with Gasteiger partial charge in [0.2, 0.25) is 0 Å². The third kappa shape index (κ3) is 3.34. The number of rotatable bonds is 7. The van der Waals surface area contributed by atoms with Crippen LogP contribution in [0.2, 0.25) is 0 Å². The van der Waals surface area contributed by atoms with Crippen molar-refractivity contribution in [2.24, 2.45) is 23.2 Å². The van der Waals surface area contributed by atoms with Crippen LogP contribution in [0, 0.1) is 23.2 Å². The maximum atomic E-state index is 12.7. The molecule has 3 fully saturated rings. The Bertz CT molecular complexity index is 651. The molecule has 0 spiro atoms. The first kappa shape index (κ1) is 19.2. The number of carbonyl (C=O) groups is 1. The zero-order valence-electron chi connectivity index (χ0n) is 16.5. The van der Waals surface area contributed by atoms with Gasteiger partial charge in [-0.2, -0.15) is 0 Å². The summed E-state index contributed by atoms with van der Waals surface area (Å²) in [5.74, 6) is 0.682. The number of carbonyl (C=O) groups excluding carboxylic acids is 1. The minimum absolute atomic E-state index is 0.0561. The molecule has 3 heteroatoms. The fourth-order valence-electron chi connectivity index (χ4n) is 4.91. The van der Waals surface area contributed by atoms with Gasteiger partial charge in [-0.15, -0.1) is 6.58 Å². The number of benzene rings is 1. The molecule has 0 aliphatic heterocycles. The predicted molar refractivity (Wildman–Crippen MR) is 103 cm³/mol. The average molecular weight is 357 g/mol. The molecule has 142 valence electrons. The van der Waals surface area contributed by atoms with Gasteiger partial charge in [0, 0.05) is 5.92 Å². The Balaban J connectivity index is 1.76. The number of allylic oxidation sites excluding steroid dienone is 1. The lowest BCUT2D eigenvalue weighted by Crippen LogP contribution is -2.68. The third-order valence-corrected chi connectivity index (χ3v) is 6.84. The highest BCUT2D eigenvalue weighted by Gasteiger charge is 2.65.